The molecule has 0 spiro atoms. The van der Waals surface area contributed by atoms with Crippen LogP contribution in [0.2, 0.25) is 0 Å². The lowest BCUT2D eigenvalue weighted by Crippen LogP contribution is -2.15. The summed E-state index contributed by atoms with van der Waals surface area (Å²) in [6, 6.07) is 74.1. The second-order valence-corrected chi connectivity index (χ2v) is 14.8. The molecular formula is C54H36N8. The summed E-state index contributed by atoms with van der Waals surface area (Å²) in [5.74, 6) is 3.59. The van der Waals surface area contributed by atoms with Gasteiger partial charge in [-0.1, -0.05) is 158 Å². The highest BCUT2D eigenvalue weighted by Crippen LogP contribution is 2.40. The van der Waals surface area contributed by atoms with Crippen LogP contribution in [0.3, 0.4) is 0 Å². The first-order valence-electron chi connectivity index (χ1n) is 20.5. The molecule has 0 aliphatic heterocycles. The third-order valence-electron chi connectivity index (χ3n) is 10.9. The van der Waals surface area contributed by atoms with Crippen LogP contribution in [0.4, 0.5) is 17.3 Å². The molecule has 3 heterocycles. The lowest BCUT2D eigenvalue weighted by Gasteiger charge is -2.24. The van der Waals surface area contributed by atoms with Crippen molar-refractivity contribution in [2.24, 2.45) is 0 Å². The van der Waals surface area contributed by atoms with Crippen LogP contribution < -0.4 is 4.90 Å². The second-order valence-electron chi connectivity index (χ2n) is 14.8. The standard InChI is InChI=1S/C54H36N8/c1-6-18-37(19-7-1)49-55-50(38-20-8-2-9-21-38)57-51(56-49)41-30-32-43(33-31-41)62-47-29-17-16-28-45(47)46-36-44(34-35-48(46)62)61(42-26-14-5-15-27-42)54-59-52(39-22-10-3-11-23-39)58-53(60-54)40-24-12-4-13-25-40/h1-36H. The number of para-hydroxylation sites is 2. The van der Waals surface area contributed by atoms with E-state index in [1.54, 1.807) is 0 Å². The highest BCUT2D eigenvalue weighted by Gasteiger charge is 2.22. The Bertz CT molecular complexity index is 3210. The van der Waals surface area contributed by atoms with Gasteiger partial charge < -0.3 is 4.57 Å². The number of hydrogen-bond acceptors (Lipinski definition) is 7. The van der Waals surface area contributed by atoms with Crippen molar-refractivity contribution in [3.8, 4) is 62.6 Å². The van der Waals surface area contributed by atoms with Crippen molar-refractivity contribution < 1.29 is 0 Å². The van der Waals surface area contributed by atoms with Crippen molar-refractivity contribution in [2.45, 2.75) is 0 Å². The van der Waals surface area contributed by atoms with Gasteiger partial charge in [-0.15, -0.1) is 0 Å². The van der Waals surface area contributed by atoms with E-state index in [4.69, 9.17) is 29.9 Å². The van der Waals surface area contributed by atoms with Gasteiger partial charge in [0.05, 0.1) is 11.0 Å². The molecule has 0 saturated heterocycles. The fourth-order valence-corrected chi connectivity index (χ4v) is 7.93. The minimum atomic E-state index is 0.520. The van der Waals surface area contributed by atoms with Crippen molar-refractivity contribution in [1.82, 2.24) is 34.5 Å². The molecule has 0 atom stereocenters. The van der Waals surface area contributed by atoms with Gasteiger partial charge in [-0.25, -0.2) is 19.9 Å². The van der Waals surface area contributed by atoms with Gasteiger partial charge in [0.25, 0.3) is 0 Å². The Morgan fingerprint density at radius 1 is 0.290 bits per heavy atom. The average Bonchev–Trinajstić information content (AvgIpc) is 3.69. The summed E-state index contributed by atoms with van der Waals surface area (Å²) in [4.78, 5) is 32.2. The maximum absolute atomic E-state index is 5.14. The molecule has 0 radical (unpaired) electrons. The summed E-state index contributed by atoms with van der Waals surface area (Å²) < 4.78 is 2.31. The van der Waals surface area contributed by atoms with Gasteiger partial charge >= 0.3 is 0 Å². The zero-order valence-corrected chi connectivity index (χ0v) is 33.4. The quantitative estimate of drug-likeness (QED) is 0.144. The van der Waals surface area contributed by atoms with E-state index in [1.807, 2.05) is 140 Å². The minimum absolute atomic E-state index is 0.520. The molecule has 8 heteroatoms. The lowest BCUT2D eigenvalue weighted by atomic mass is 10.1. The second kappa shape index (κ2) is 15.9. The molecule has 0 aliphatic carbocycles. The molecule has 11 aromatic rings. The smallest absolute Gasteiger partial charge is 0.238 e. The molecule has 8 aromatic carbocycles. The first-order chi connectivity index (χ1) is 30.7. The number of fused-ring (bicyclic) bond motifs is 3. The SMILES string of the molecule is c1ccc(-c2nc(-c3ccccc3)nc(-c3ccc(-n4c5ccccc5c5cc(N(c6ccccc6)c6nc(-c7ccccc7)nc(-c7ccccc7)n6)ccc54)cc3)n2)cc1. The van der Waals surface area contributed by atoms with E-state index < -0.39 is 0 Å². The fraction of sp³-hybridized carbons (Fsp3) is 0. The Labute approximate surface area is 358 Å². The van der Waals surface area contributed by atoms with Crippen molar-refractivity contribution >= 4 is 39.1 Å². The largest absolute Gasteiger partial charge is 0.309 e. The third-order valence-corrected chi connectivity index (χ3v) is 10.9. The molecule has 0 saturated carbocycles. The van der Waals surface area contributed by atoms with E-state index in [1.165, 1.54) is 0 Å². The first-order valence-corrected chi connectivity index (χ1v) is 20.5. The van der Waals surface area contributed by atoms with Crippen molar-refractivity contribution in [1.29, 1.82) is 0 Å². The van der Waals surface area contributed by atoms with E-state index in [2.05, 4.69) is 88.3 Å². The summed E-state index contributed by atoms with van der Waals surface area (Å²) >= 11 is 0. The summed E-state index contributed by atoms with van der Waals surface area (Å²) in [5.41, 5.74) is 9.62. The van der Waals surface area contributed by atoms with Crippen molar-refractivity contribution in [2.75, 3.05) is 4.90 Å². The first kappa shape index (κ1) is 36.5. The van der Waals surface area contributed by atoms with Gasteiger partial charge in [0.15, 0.2) is 29.1 Å². The molecule has 292 valence electrons. The van der Waals surface area contributed by atoms with Crippen LogP contribution in [0.25, 0.3) is 84.4 Å². The zero-order valence-electron chi connectivity index (χ0n) is 33.4. The third kappa shape index (κ3) is 6.91. The van der Waals surface area contributed by atoms with Crippen LogP contribution in [-0.4, -0.2) is 34.5 Å². The van der Waals surface area contributed by atoms with Crippen molar-refractivity contribution in [3.05, 3.63) is 218 Å². The number of benzene rings is 8. The normalized spacial score (nSPS) is 11.2. The molecule has 0 N–H and O–H groups in total. The summed E-state index contributed by atoms with van der Waals surface area (Å²) in [6.45, 7) is 0. The number of aromatic nitrogens is 7. The van der Waals surface area contributed by atoms with Gasteiger partial charge in [-0.05, 0) is 60.7 Å². The van der Waals surface area contributed by atoms with Gasteiger partial charge in [0.2, 0.25) is 5.95 Å². The van der Waals surface area contributed by atoms with Gasteiger partial charge in [0, 0.05) is 55.7 Å². The lowest BCUT2D eigenvalue weighted by molar-refractivity contribution is 1.02. The topological polar surface area (TPSA) is 85.5 Å². The highest BCUT2D eigenvalue weighted by molar-refractivity contribution is 6.10. The Hall–Kier alpha value is -8.62. The van der Waals surface area contributed by atoms with E-state index in [0.29, 0.717) is 35.1 Å². The number of rotatable bonds is 9. The molecule has 0 bridgehead atoms. The predicted molar refractivity (Wildman–Crippen MR) is 249 cm³/mol. The number of anilines is 3. The number of nitrogens with zero attached hydrogens (tertiary/aromatic N) is 8. The molecule has 0 aliphatic rings. The molecule has 11 rings (SSSR count). The number of hydrogen-bond donors (Lipinski definition) is 0. The Kier molecular flexibility index (Phi) is 9.33. The Morgan fingerprint density at radius 3 is 1.16 bits per heavy atom. The molecule has 8 nitrogen and oxygen atoms in total. The van der Waals surface area contributed by atoms with Crippen LogP contribution in [0.1, 0.15) is 0 Å². The van der Waals surface area contributed by atoms with Crippen LogP contribution >= 0.6 is 0 Å². The van der Waals surface area contributed by atoms with Crippen LogP contribution in [-0.2, 0) is 0 Å². The van der Waals surface area contributed by atoms with Crippen LogP contribution in [0, 0.1) is 0 Å². The molecule has 0 fully saturated rings. The van der Waals surface area contributed by atoms with Gasteiger partial charge in [-0.3, -0.25) is 4.90 Å². The van der Waals surface area contributed by atoms with E-state index in [0.717, 1.165) is 66.7 Å². The highest BCUT2D eigenvalue weighted by atomic mass is 15.3. The fourth-order valence-electron chi connectivity index (χ4n) is 7.93. The molecule has 62 heavy (non-hydrogen) atoms. The minimum Gasteiger partial charge on any atom is -0.309 e. The predicted octanol–water partition coefficient (Wildman–Crippen LogP) is 13.0. The molecule has 3 aromatic heterocycles. The maximum Gasteiger partial charge on any atom is 0.238 e. The van der Waals surface area contributed by atoms with Gasteiger partial charge in [-0.2, -0.15) is 9.97 Å². The Balaban J connectivity index is 1.03. The monoisotopic (exact) mass is 796 g/mol. The Morgan fingerprint density at radius 2 is 0.677 bits per heavy atom. The average molecular weight is 797 g/mol. The van der Waals surface area contributed by atoms with Crippen LogP contribution in [0.5, 0.6) is 0 Å². The van der Waals surface area contributed by atoms with E-state index in [-0.39, 0.29) is 0 Å². The molecular weight excluding hydrogens is 761 g/mol. The summed E-state index contributed by atoms with van der Waals surface area (Å²) in [6.07, 6.45) is 0. The van der Waals surface area contributed by atoms with E-state index >= 15 is 0 Å². The van der Waals surface area contributed by atoms with E-state index in [9.17, 15) is 0 Å². The zero-order chi connectivity index (χ0) is 41.2. The van der Waals surface area contributed by atoms with Crippen molar-refractivity contribution in [3.63, 3.8) is 0 Å². The molecule has 0 amide bonds. The maximum atomic E-state index is 5.14. The van der Waals surface area contributed by atoms with Gasteiger partial charge in [0.1, 0.15) is 0 Å². The molecule has 0 unspecified atom stereocenters. The van der Waals surface area contributed by atoms with Crippen LogP contribution in [0.15, 0.2) is 218 Å². The summed E-state index contributed by atoms with van der Waals surface area (Å²) in [7, 11) is 0. The summed E-state index contributed by atoms with van der Waals surface area (Å²) in [5, 5.41) is 2.23.